The van der Waals surface area contributed by atoms with E-state index in [0.29, 0.717) is 30.8 Å². The van der Waals surface area contributed by atoms with E-state index in [1.54, 1.807) is 23.0 Å². The summed E-state index contributed by atoms with van der Waals surface area (Å²) in [5.74, 6) is 0. The van der Waals surface area contributed by atoms with Gasteiger partial charge in [0.25, 0.3) is 0 Å². The maximum Gasteiger partial charge on any atom is 0.137 e. The maximum atomic E-state index is 6.09. The molecule has 0 saturated carbocycles. The Labute approximate surface area is 123 Å². The fourth-order valence-corrected chi connectivity index (χ4v) is 3.11. The van der Waals surface area contributed by atoms with E-state index in [4.69, 9.17) is 46.4 Å². The lowest BCUT2D eigenvalue weighted by atomic mass is 10.3. The van der Waals surface area contributed by atoms with Crippen molar-refractivity contribution in [1.29, 1.82) is 0 Å². The Hall–Kier alpha value is -0.0600. The molecule has 0 spiro atoms. The Kier molecular flexibility index (Phi) is 4.16. The van der Waals surface area contributed by atoms with Gasteiger partial charge in [-0.05, 0) is 18.4 Å². The number of halogens is 4. The maximum absolute atomic E-state index is 6.09. The van der Waals surface area contributed by atoms with Crippen molar-refractivity contribution in [3.63, 3.8) is 0 Å². The molecule has 7 heteroatoms. The topological polar surface area (TPSA) is 17.8 Å². The van der Waals surface area contributed by atoms with Crippen molar-refractivity contribution in [3.05, 3.63) is 38.4 Å². The number of benzene rings is 1. The number of nitrogens with zero attached hydrogens (tertiary/aromatic N) is 2. The minimum atomic E-state index is 0.425. The molecule has 2 aromatic rings. The van der Waals surface area contributed by atoms with Crippen LogP contribution in [0.5, 0.6) is 0 Å². The van der Waals surface area contributed by atoms with E-state index < -0.39 is 0 Å². The molecule has 0 unspecified atom stereocenters. The highest BCUT2D eigenvalue weighted by Gasteiger charge is 2.13. The highest BCUT2D eigenvalue weighted by atomic mass is 35.5. The number of hydrogen-bond donors (Lipinski definition) is 0. The van der Waals surface area contributed by atoms with Crippen LogP contribution in [0.2, 0.25) is 20.1 Å². The van der Waals surface area contributed by atoms with Crippen molar-refractivity contribution in [1.82, 2.24) is 9.78 Å². The second kappa shape index (κ2) is 5.29. The van der Waals surface area contributed by atoms with Crippen LogP contribution in [0.3, 0.4) is 0 Å². The van der Waals surface area contributed by atoms with E-state index >= 15 is 0 Å². The van der Waals surface area contributed by atoms with Gasteiger partial charge in [0.15, 0.2) is 0 Å². The number of hydrogen-bond acceptors (Lipinski definition) is 2. The quantitative estimate of drug-likeness (QED) is 0.705. The highest BCUT2D eigenvalue weighted by molar-refractivity contribution is 7.98. The summed E-state index contributed by atoms with van der Waals surface area (Å²) in [6.07, 6.45) is 3.55. The van der Waals surface area contributed by atoms with Gasteiger partial charge < -0.3 is 0 Å². The minimum Gasteiger partial charge on any atom is -0.235 e. The molecule has 2 rings (SSSR count). The van der Waals surface area contributed by atoms with Gasteiger partial charge in [0.1, 0.15) is 10.7 Å². The van der Waals surface area contributed by atoms with Crippen molar-refractivity contribution in [2.45, 2.75) is 5.03 Å². The predicted molar refractivity (Wildman–Crippen MR) is 75.4 cm³/mol. The van der Waals surface area contributed by atoms with Crippen LogP contribution in [0.1, 0.15) is 0 Å². The third-order valence-electron chi connectivity index (χ3n) is 2.04. The lowest BCUT2D eigenvalue weighted by molar-refractivity contribution is 0.838. The zero-order valence-corrected chi connectivity index (χ0v) is 12.4. The van der Waals surface area contributed by atoms with E-state index in [2.05, 4.69) is 5.10 Å². The second-order valence-corrected chi connectivity index (χ2v) is 5.60. The molecule has 0 aliphatic carbocycles. The summed E-state index contributed by atoms with van der Waals surface area (Å²) in [5, 5.41) is 6.89. The van der Waals surface area contributed by atoms with Gasteiger partial charge >= 0.3 is 0 Å². The van der Waals surface area contributed by atoms with Gasteiger partial charge in [-0.1, -0.05) is 46.4 Å². The monoisotopic (exact) mass is 326 g/mol. The van der Waals surface area contributed by atoms with Crippen LogP contribution in [-0.2, 0) is 0 Å². The minimum absolute atomic E-state index is 0.425. The van der Waals surface area contributed by atoms with E-state index in [1.165, 1.54) is 11.8 Å². The Bertz CT molecular complexity index is 544. The first-order chi connectivity index (χ1) is 8.02. The molecule has 0 radical (unpaired) electrons. The Balaban J connectivity index is 2.60. The van der Waals surface area contributed by atoms with Crippen molar-refractivity contribution < 1.29 is 0 Å². The van der Waals surface area contributed by atoms with Gasteiger partial charge in [0.2, 0.25) is 0 Å². The number of rotatable bonds is 2. The Morgan fingerprint density at radius 2 is 1.65 bits per heavy atom. The van der Waals surface area contributed by atoms with Gasteiger partial charge in [-0.25, -0.2) is 4.68 Å². The van der Waals surface area contributed by atoms with E-state index in [0.717, 1.165) is 0 Å². The Morgan fingerprint density at radius 3 is 2.12 bits per heavy atom. The zero-order valence-electron chi connectivity index (χ0n) is 8.55. The smallest absolute Gasteiger partial charge is 0.137 e. The second-order valence-electron chi connectivity index (χ2n) is 3.15. The lowest BCUT2D eigenvalue weighted by Gasteiger charge is -2.07. The normalized spacial score (nSPS) is 10.9. The van der Waals surface area contributed by atoms with Crippen molar-refractivity contribution in [3.8, 4) is 5.69 Å². The summed E-state index contributed by atoms with van der Waals surface area (Å²) in [6.45, 7) is 0. The summed E-state index contributed by atoms with van der Waals surface area (Å²) in [5.41, 5.74) is 0.569. The van der Waals surface area contributed by atoms with Crippen LogP contribution in [0, 0.1) is 0 Å². The molecule has 0 saturated heterocycles. The van der Waals surface area contributed by atoms with Gasteiger partial charge in [-0.3, -0.25) is 0 Å². The fourth-order valence-electron chi connectivity index (χ4n) is 1.34. The van der Waals surface area contributed by atoms with E-state index in [9.17, 15) is 0 Å². The van der Waals surface area contributed by atoms with Crippen molar-refractivity contribution in [2.75, 3.05) is 6.26 Å². The summed E-state index contributed by atoms with van der Waals surface area (Å²) >= 11 is 25.5. The zero-order chi connectivity index (χ0) is 12.6. The first-order valence-corrected chi connectivity index (χ1v) is 7.20. The molecular weight excluding hydrogens is 322 g/mol. The molecule has 0 aliphatic heterocycles. The average molecular weight is 328 g/mol. The molecule has 0 N–H and O–H groups in total. The molecule has 0 bridgehead atoms. The standard InChI is InChI=1S/C10H6Cl4N2S/c1-17-10-8(14)4-16(15-10)9-6(12)2-5(11)3-7(9)13/h2-4H,1H3. The number of aromatic nitrogens is 2. The molecule has 1 aromatic carbocycles. The number of thioether (sulfide) groups is 1. The largest absolute Gasteiger partial charge is 0.235 e. The lowest BCUT2D eigenvalue weighted by Crippen LogP contribution is -1.97. The van der Waals surface area contributed by atoms with Crippen LogP contribution in [0.15, 0.2) is 23.4 Å². The molecular formula is C10H6Cl4N2S. The Morgan fingerprint density at radius 1 is 1.06 bits per heavy atom. The van der Waals surface area contributed by atoms with Crippen LogP contribution in [0.25, 0.3) is 5.69 Å². The molecule has 90 valence electrons. The van der Waals surface area contributed by atoms with Crippen molar-refractivity contribution >= 4 is 58.2 Å². The fraction of sp³-hybridized carbons (Fsp3) is 0.100. The van der Waals surface area contributed by atoms with Gasteiger partial charge in [0, 0.05) is 5.02 Å². The summed E-state index contributed by atoms with van der Waals surface area (Å²) in [6, 6.07) is 3.22. The highest BCUT2D eigenvalue weighted by Crippen LogP contribution is 2.34. The first-order valence-electron chi connectivity index (χ1n) is 4.47. The summed E-state index contributed by atoms with van der Waals surface area (Å²) in [7, 11) is 0. The molecule has 0 amide bonds. The molecule has 1 heterocycles. The van der Waals surface area contributed by atoms with Crippen LogP contribution in [-0.4, -0.2) is 16.0 Å². The van der Waals surface area contributed by atoms with Crippen LogP contribution in [0.4, 0.5) is 0 Å². The third-order valence-corrected chi connectivity index (χ3v) is 3.91. The average Bonchev–Trinajstić information content (AvgIpc) is 2.57. The SMILES string of the molecule is CSc1nn(-c2c(Cl)cc(Cl)cc2Cl)cc1Cl. The molecule has 1 aromatic heterocycles. The third kappa shape index (κ3) is 2.69. The van der Waals surface area contributed by atoms with Crippen molar-refractivity contribution in [2.24, 2.45) is 0 Å². The molecule has 0 aliphatic rings. The van der Waals surface area contributed by atoms with Gasteiger partial charge in [-0.15, -0.1) is 11.8 Å². The molecule has 2 nitrogen and oxygen atoms in total. The van der Waals surface area contributed by atoms with Crippen LogP contribution >= 0.6 is 58.2 Å². The summed E-state index contributed by atoms with van der Waals surface area (Å²) < 4.78 is 1.55. The first kappa shape index (κ1) is 13.4. The molecule has 17 heavy (non-hydrogen) atoms. The van der Waals surface area contributed by atoms with E-state index in [-0.39, 0.29) is 0 Å². The van der Waals surface area contributed by atoms with E-state index in [1.807, 2.05) is 6.26 Å². The summed E-state index contributed by atoms with van der Waals surface area (Å²) in [4.78, 5) is 0. The molecule has 0 atom stereocenters. The van der Waals surface area contributed by atoms with Gasteiger partial charge in [0.05, 0.1) is 21.3 Å². The van der Waals surface area contributed by atoms with Crippen LogP contribution < -0.4 is 0 Å². The predicted octanol–water partition coefficient (Wildman–Crippen LogP) is 5.21. The molecule has 0 fully saturated rings. The van der Waals surface area contributed by atoms with Gasteiger partial charge in [-0.2, -0.15) is 5.10 Å².